The van der Waals surface area contributed by atoms with E-state index in [1.54, 1.807) is 0 Å². The van der Waals surface area contributed by atoms with Gasteiger partial charge in [-0.05, 0) is 89.8 Å². The van der Waals surface area contributed by atoms with E-state index in [9.17, 15) is 0 Å². The summed E-state index contributed by atoms with van der Waals surface area (Å²) in [4.78, 5) is 14.7. The number of rotatable bonds is 4. The van der Waals surface area contributed by atoms with Crippen molar-refractivity contribution in [2.24, 2.45) is 9.98 Å². The van der Waals surface area contributed by atoms with Gasteiger partial charge in [-0.15, -0.1) is 0 Å². The van der Waals surface area contributed by atoms with Crippen molar-refractivity contribution in [1.29, 1.82) is 0 Å². The number of benzene rings is 2. The molecule has 0 aliphatic rings. The molecule has 1 aromatic heterocycles. The normalized spacial score (nSPS) is 12.0. The van der Waals surface area contributed by atoms with Crippen LogP contribution in [0.1, 0.15) is 58.6 Å². The quantitative estimate of drug-likeness (QED) is 0.296. The van der Waals surface area contributed by atoms with Gasteiger partial charge >= 0.3 is 41.5 Å². The minimum atomic E-state index is -1.62. The zero-order valence-electron chi connectivity index (χ0n) is 20.9. The first-order chi connectivity index (χ1) is 15.9. The molecule has 3 nitrogen and oxygen atoms in total. The standard InChI is InChI=1S/C27H31N3.3ClH.Cr/c1-16-12-18(3)26(19(4)13-16)28-22(7)24-10-9-11-25(30-24)23(8)29-27-20(5)14-17(2)15-21(27)6;;;;/h9-15H,1-8H3;3*1H;/q;;;;+3/p-3. The van der Waals surface area contributed by atoms with Crippen molar-refractivity contribution in [2.75, 3.05) is 0 Å². The molecule has 0 fully saturated rings. The molecule has 0 aliphatic carbocycles. The van der Waals surface area contributed by atoms with Gasteiger partial charge in [0.2, 0.25) is 0 Å². The molecule has 7 heteroatoms. The molecule has 0 atom stereocenters. The van der Waals surface area contributed by atoms with Crippen molar-refractivity contribution in [3.8, 4) is 0 Å². The molecule has 1 heterocycles. The summed E-state index contributed by atoms with van der Waals surface area (Å²) in [6, 6.07) is 14.7. The minimum absolute atomic E-state index is 0.874. The van der Waals surface area contributed by atoms with Crippen LogP contribution in [0, 0.1) is 41.5 Å². The topological polar surface area (TPSA) is 37.6 Å². The number of hydrogen-bond donors (Lipinski definition) is 0. The molecule has 0 bridgehead atoms. The van der Waals surface area contributed by atoms with Crippen LogP contribution in [0.4, 0.5) is 11.4 Å². The second-order valence-corrected chi connectivity index (χ2v) is 14.8. The Morgan fingerprint density at radius 2 is 0.941 bits per heavy atom. The average molecular weight is 556 g/mol. The molecule has 0 N–H and O–H groups in total. The van der Waals surface area contributed by atoms with Gasteiger partial charge in [-0.2, -0.15) is 0 Å². The van der Waals surface area contributed by atoms with Gasteiger partial charge in [0.25, 0.3) is 0 Å². The fraction of sp³-hybridized carbons (Fsp3) is 0.296. The number of aryl methyl sites for hydroxylation is 6. The van der Waals surface area contributed by atoms with Gasteiger partial charge in [0.05, 0.1) is 34.2 Å². The SMILES string of the molecule is CC(=Nc1c(C)cc(C)cc1C)c1cccc(C(C)=Nc2c(C)cc(C)cc2C)n1.[Cl][Cr]([Cl])[Cl]. The van der Waals surface area contributed by atoms with Gasteiger partial charge in [-0.1, -0.05) is 41.5 Å². The number of aliphatic imine (C=N–C) groups is 2. The predicted molar refractivity (Wildman–Crippen MR) is 147 cm³/mol. The van der Waals surface area contributed by atoms with Crippen LogP contribution in [0.25, 0.3) is 0 Å². The molecule has 3 rings (SSSR count). The van der Waals surface area contributed by atoms with Gasteiger partial charge < -0.3 is 0 Å². The van der Waals surface area contributed by atoms with Gasteiger partial charge in [0, 0.05) is 0 Å². The Kier molecular flexibility index (Phi) is 10.8. The Labute approximate surface area is 220 Å². The van der Waals surface area contributed by atoms with Crippen LogP contribution >= 0.6 is 30.1 Å². The number of hydrogen-bond acceptors (Lipinski definition) is 3. The van der Waals surface area contributed by atoms with E-state index >= 15 is 0 Å². The molecule has 181 valence electrons. The van der Waals surface area contributed by atoms with Crippen molar-refractivity contribution in [1.82, 2.24) is 4.98 Å². The number of halogens is 3. The van der Waals surface area contributed by atoms with Crippen LogP contribution in [0.15, 0.2) is 52.4 Å². The molecule has 2 aromatic carbocycles. The second-order valence-electron chi connectivity index (χ2n) is 8.47. The molecule has 0 radical (unpaired) electrons. The number of pyridine rings is 1. The van der Waals surface area contributed by atoms with Crippen molar-refractivity contribution < 1.29 is 11.4 Å². The van der Waals surface area contributed by atoms with Gasteiger partial charge in [-0.3, -0.25) is 9.98 Å². The third kappa shape index (κ3) is 8.22. The Balaban J connectivity index is 0.000000945. The van der Waals surface area contributed by atoms with E-state index in [1.807, 2.05) is 32.0 Å². The molecule has 0 saturated carbocycles. The van der Waals surface area contributed by atoms with Crippen molar-refractivity contribution in [2.45, 2.75) is 55.4 Å². The molecule has 0 unspecified atom stereocenters. The van der Waals surface area contributed by atoms with E-state index < -0.39 is 11.4 Å². The maximum atomic E-state index is 4.93. The molecule has 0 saturated heterocycles. The second kappa shape index (κ2) is 12.9. The van der Waals surface area contributed by atoms with E-state index in [2.05, 4.69) is 65.8 Å². The summed E-state index contributed by atoms with van der Waals surface area (Å²) in [5, 5.41) is 0. The van der Waals surface area contributed by atoms with Crippen LogP contribution in [0.2, 0.25) is 0 Å². The van der Waals surface area contributed by atoms with Crippen LogP contribution in [-0.2, 0) is 11.4 Å². The molecular weight excluding hydrogens is 525 g/mol. The fourth-order valence-corrected chi connectivity index (χ4v) is 3.99. The summed E-state index contributed by atoms with van der Waals surface area (Å²) < 4.78 is 0. The molecule has 34 heavy (non-hydrogen) atoms. The summed E-state index contributed by atoms with van der Waals surface area (Å²) in [5.74, 6) is 0. The van der Waals surface area contributed by atoms with Gasteiger partial charge in [-0.25, -0.2) is 4.98 Å². The Morgan fingerprint density at radius 3 is 1.24 bits per heavy atom. The van der Waals surface area contributed by atoms with E-state index in [1.165, 1.54) is 33.4 Å². The van der Waals surface area contributed by atoms with E-state index in [4.69, 9.17) is 45.1 Å². The maximum absolute atomic E-state index is 4.93. The Hall–Kier alpha value is -1.67. The average Bonchev–Trinajstić information content (AvgIpc) is 2.72. The van der Waals surface area contributed by atoms with Gasteiger partial charge in [0.15, 0.2) is 0 Å². The molecule has 0 spiro atoms. The summed E-state index contributed by atoms with van der Waals surface area (Å²) in [6.07, 6.45) is 0. The number of nitrogens with zero attached hydrogens (tertiary/aromatic N) is 3. The molecule has 0 aliphatic heterocycles. The third-order valence-electron chi connectivity index (χ3n) is 5.32. The Bertz CT molecular complexity index is 1100. The first-order valence-electron chi connectivity index (χ1n) is 10.9. The molecular formula is C27H31Cl3CrN3. The van der Waals surface area contributed by atoms with E-state index in [0.29, 0.717) is 0 Å². The zero-order chi connectivity index (χ0) is 25.6. The Morgan fingerprint density at radius 1 is 0.647 bits per heavy atom. The monoisotopic (exact) mass is 554 g/mol. The van der Waals surface area contributed by atoms with Crippen LogP contribution < -0.4 is 0 Å². The summed E-state index contributed by atoms with van der Waals surface area (Å²) in [6.45, 7) is 16.7. The van der Waals surface area contributed by atoms with Crippen molar-refractivity contribution in [3.63, 3.8) is 0 Å². The van der Waals surface area contributed by atoms with E-state index in [-0.39, 0.29) is 0 Å². The predicted octanol–water partition coefficient (Wildman–Crippen LogP) is 9.28. The van der Waals surface area contributed by atoms with Gasteiger partial charge in [0.1, 0.15) is 0 Å². The summed E-state index contributed by atoms with van der Waals surface area (Å²) in [5.41, 5.74) is 12.9. The molecule has 3 aromatic rings. The van der Waals surface area contributed by atoms with Crippen molar-refractivity contribution in [3.05, 3.63) is 87.2 Å². The fourth-order valence-electron chi connectivity index (χ4n) is 3.99. The first kappa shape index (κ1) is 28.6. The number of aromatic nitrogens is 1. The first-order valence-corrected chi connectivity index (χ1v) is 16.1. The van der Waals surface area contributed by atoms with Crippen molar-refractivity contribution >= 4 is 52.9 Å². The van der Waals surface area contributed by atoms with Crippen LogP contribution in [-0.4, -0.2) is 16.4 Å². The molecule has 0 amide bonds. The van der Waals surface area contributed by atoms with E-state index in [0.717, 1.165) is 34.2 Å². The zero-order valence-corrected chi connectivity index (χ0v) is 24.5. The summed E-state index contributed by atoms with van der Waals surface area (Å²) in [7, 11) is 14.8. The summed E-state index contributed by atoms with van der Waals surface area (Å²) >= 11 is -1.62. The van der Waals surface area contributed by atoms with Crippen LogP contribution in [0.5, 0.6) is 0 Å². The van der Waals surface area contributed by atoms with Crippen LogP contribution in [0.3, 0.4) is 0 Å². The third-order valence-corrected chi connectivity index (χ3v) is 5.32.